The van der Waals surface area contributed by atoms with Crippen LogP contribution in [0.3, 0.4) is 0 Å². The topological polar surface area (TPSA) is 57.0 Å². The zero-order valence-corrected chi connectivity index (χ0v) is 12.3. The van der Waals surface area contributed by atoms with Gasteiger partial charge < -0.3 is 4.74 Å². The highest BCUT2D eigenvalue weighted by Crippen LogP contribution is 2.19. The summed E-state index contributed by atoms with van der Waals surface area (Å²) in [6.45, 7) is 8.01. The smallest absolute Gasteiger partial charge is 0.310 e. The van der Waals surface area contributed by atoms with Gasteiger partial charge in [0.1, 0.15) is 0 Å². The quantitative estimate of drug-likeness (QED) is 0.802. The lowest BCUT2D eigenvalue weighted by Gasteiger charge is -2.06. The molecule has 0 aliphatic heterocycles. The Morgan fingerprint density at radius 3 is 2.75 bits per heavy atom. The van der Waals surface area contributed by atoms with Crippen molar-refractivity contribution in [3.63, 3.8) is 0 Å². The molecule has 0 atom stereocenters. The summed E-state index contributed by atoms with van der Waals surface area (Å²) in [5.41, 5.74) is 4.62. The van der Waals surface area contributed by atoms with Gasteiger partial charge in [-0.05, 0) is 39.8 Å². The van der Waals surface area contributed by atoms with Gasteiger partial charge in [0, 0.05) is 23.1 Å². The van der Waals surface area contributed by atoms with E-state index in [0.29, 0.717) is 6.61 Å². The third kappa shape index (κ3) is 2.87. The third-order valence-corrected chi connectivity index (χ3v) is 3.19. The van der Waals surface area contributed by atoms with Crippen LogP contribution in [0.25, 0.3) is 5.69 Å². The van der Waals surface area contributed by atoms with Crippen LogP contribution in [0.5, 0.6) is 0 Å². The average Bonchev–Trinajstić information content (AvgIpc) is 2.67. The van der Waals surface area contributed by atoms with Gasteiger partial charge in [-0.3, -0.25) is 9.78 Å². The summed E-state index contributed by atoms with van der Waals surface area (Å²) in [7, 11) is 0. The molecule has 0 saturated carbocycles. The maximum atomic E-state index is 11.6. The van der Waals surface area contributed by atoms with Gasteiger partial charge in [-0.25, -0.2) is 4.68 Å². The SMILES string of the molecule is CCOC(=O)Cc1c(C)nn(-c2ccnc(C)c2)c1C. The molecule has 2 aromatic rings. The second kappa shape index (κ2) is 5.86. The van der Waals surface area contributed by atoms with Crippen LogP contribution in [0.4, 0.5) is 0 Å². The molecule has 2 aromatic heterocycles. The van der Waals surface area contributed by atoms with Crippen molar-refractivity contribution in [1.82, 2.24) is 14.8 Å². The zero-order chi connectivity index (χ0) is 14.7. The van der Waals surface area contributed by atoms with E-state index in [2.05, 4.69) is 10.1 Å². The summed E-state index contributed by atoms with van der Waals surface area (Å²) in [6.07, 6.45) is 2.02. The third-order valence-electron chi connectivity index (χ3n) is 3.19. The Morgan fingerprint density at radius 1 is 1.35 bits per heavy atom. The van der Waals surface area contributed by atoms with Gasteiger partial charge in [-0.1, -0.05) is 0 Å². The van der Waals surface area contributed by atoms with Crippen LogP contribution >= 0.6 is 0 Å². The van der Waals surface area contributed by atoms with Crippen molar-refractivity contribution in [3.05, 3.63) is 41.0 Å². The molecule has 0 fully saturated rings. The maximum Gasteiger partial charge on any atom is 0.310 e. The first-order valence-electron chi connectivity index (χ1n) is 6.66. The molecule has 2 rings (SSSR count). The Morgan fingerprint density at radius 2 is 2.10 bits per heavy atom. The number of rotatable bonds is 4. The monoisotopic (exact) mass is 273 g/mol. The Balaban J connectivity index is 2.36. The largest absolute Gasteiger partial charge is 0.466 e. The van der Waals surface area contributed by atoms with Crippen molar-refractivity contribution < 1.29 is 9.53 Å². The minimum atomic E-state index is -0.218. The predicted molar refractivity (Wildman–Crippen MR) is 75.9 cm³/mol. The molecule has 5 heteroatoms. The highest BCUT2D eigenvalue weighted by molar-refractivity contribution is 5.73. The Labute approximate surface area is 118 Å². The number of nitrogens with zero attached hydrogens (tertiary/aromatic N) is 3. The highest BCUT2D eigenvalue weighted by Gasteiger charge is 2.16. The summed E-state index contributed by atoms with van der Waals surface area (Å²) in [6, 6.07) is 3.87. The van der Waals surface area contributed by atoms with Crippen molar-refractivity contribution in [2.24, 2.45) is 0 Å². The molecule has 2 heterocycles. The number of esters is 1. The van der Waals surface area contributed by atoms with Gasteiger partial charge in [-0.15, -0.1) is 0 Å². The normalized spacial score (nSPS) is 10.6. The Hall–Kier alpha value is -2.17. The molecule has 0 spiro atoms. The number of aromatic nitrogens is 3. The molecular formula is C15H19N3O2. The van der Waals surface area contributed by atoms with Crippen LogP contribution in [0.15, 0.2) is 18.3 Å². The van der Waals surface area contributed by atoms with E-state index in [9.17, 15) is 4.79 Å². The summed E-state index contributed by atoms with van der Waals surface area (Å²) < 4.78 is 6.85. The van der Waals surface area contributed by atoms with Gasteiger partial charge in [0.15, 0.2) is 0 Å². The van der Waals surface area contributed by atoms with Gasteiger partial charge in [0.2, 0.25) is 0 Å². The molecule has 106 valence electrons. The molecule has 0 amide bonds. The molecule has 0 radical (unpaired) electrons. The summed E-state index contributed by atoms with van der Waals surface area (Å²) in [5.74, 6) is -0.218. The lowest BCUT2D eigenvalue weighted by molar-refractivity contribution is -0.142. The molecule has 0 aliphatic carbocycles. The van der Waals surface area contributed by atoms with E-state index in [1.807, 2.05) is 37.6 Å². The second-order valence-corrected chi connectivity index (χ2v) is 4.70. The molecule has 0 saturated heterocycles. The van der Waals surface area contributed by atoms with Crippen molar-refractivity contribution in [2.45, 2.75) is 34.1 Å². The van der Waals surface area contributed by atoms with E-state index >= 15 is 0 Å². The second-order valence-electron chi connectivity index (χ2n) is 4.70. The van der Waals surface area contributed by atoms with Crippen molar-refractivity contribution >= 4 is 5.97 Å². The molecule has 0 bridgehead atoms. The lowest BCUT2D eigenvalue weighted by Crippen LogP contribution is -2.09. The number of carbonyl (C=O) groups is 1. The summed E-state index contributed by atoms with van der Waals surface area (Å²) in [4.78, 5) is 15.8. The number of pyridine rings is 1. The van der Waals surface area contributed by atoms with Crippen LogP contribution in [0, 0.1) is 20.8 Å². The van der Waals surface area contributed by atoms with Crippen molar-refractivity contribution in [3.8, 4) is 5.69 Å². The van der Waals surface area contributed by atoms with Crippen molar-refractivity contribution in [1.29, 1.82) is 0 Å². The number of carbonyl (C=O) groups excluding carboxylic acids is 1. The van der Waals surface area contributed by atoms with Crippen LogP contribution in [-0.4, -0.2) is 27.3 Å². The van der Waals surface area contributed by atoms with Gasteiger partial charge >= 0.3 is 5.97 Å². The highest BCUT2D eigenvalue weighted by atomic mass is 16.5. The fourth-order valence-corrected chi connectivity index (χ4v) is 2.20. The van der Waals surface area contributed by atoms with Crippen LogP contribution in [0.1, 0.15) is 29.6 Å². The Kier molecular flexibility index (Phi) is 4.17. The van der Waals surface area contributed by atoms with E-state index in [1.165, 1.54) is 0 Å². The maximum absolute atomic E-state index is 11.6. The molecule has 0 aromatic carbocycles. The number of ether oxygens (including phenoxy) is 1. The van der Waals surface area contributed by atoms with E-state index < -0.39 is 0 Å². The molecule has 0 N–H and O–H groups in total. The number of hydrogen-bond donors (Lipinski definition) is 0. The first kappa shape index (κ1) is 14.2. The minimum absolute atomic E-state index is 0.218. The number of hydrogen-bond acceptors (Lipinski definition) is 4. The van der Waals surface area contributed by atoms with E-state index in [1.54, 1.807) is 13.1 Å². The lowest BCUT2D eigenvalue weighted by atomic mass is 10.1. The predicted octanol–water partition coefficient (Wildman–Crippen LogP) is 2.30. The average molecular weight is 273 g/mol. The van der Waals surface area contributed by atoms with Gasteiger partial charge in [0.05, 0.1) is 24.4 Å². The molecule has 20 heavy (non-hydrogen) atoms. The van der Waals surface area contributed by atoms with E-state index in [0.717, 1.165) is 28.3 Å². The fourth-order valence-electron chi connectivity index (χ4n) is 2.20. The molecule has 0 aliphatic rings. The van der Waals surface area contributed by atoms with Crippen LogP contribution in [0.2, 0.25) is 0 Å². The molecule has 5 nitrogen and oxygen atoms in total. The first-order valence-corrected chi connectivity index (χ1v) is 6.66. The van der Waals surface area contributed by atoms with Gasteiger partial charge in [0.25, 0.3) is 0 Å². The summed E-state index contributed by atoms with van der Waals surface area (Å²) >= 11 is 0. The van der Waals surface area contributed by atoms with Crippen LogP contribution in [-0.2, 0) is 16.0 Å². The number of aryl methyl sites for hydroxylation is 2. The standard InChI is InChI=1S/C15H19N3O2/c1-5-20-15(19)9-14-11(3)17-18(12(14)4)13-6-7-16-10(2)8-13/h6-8H,5,9H2,1-4H3. The summed E-state index contributed by atoms with van der Waals surface area (Å²) in [5, 5.41) is 4.52. The van der Waals surface area contributed by atoms with Crippen molar-refractivity contribution in [2.75, 3.05) is 6.61 Å². The fraction of sp³-hybridized carbons (Fsp3) is 0.400. The molecule has 0 unspecified atom stereocenters. The minimum Gasteiger partial charge on any atom is -0.466 e. The van der Waals surface area contributed by atoms with Crippen LogP contribution < -0.4 is 0 Å². The van der Waals surface area contributed by atoms with E-state index in [-0.39, 0.29) is 12.4 Å². The van der Waals surface area contributed by atoms with E-state index in [4.69, 9.17) is 4.74 Å². The first-order chi connectivity index (χ1) is 9.52. The Bertz CT molecular complexity index is 632. The zero-order valence-electron chi connectivity index (χ0n) is 12.3. The van der Waals surface area contributed by atoms with Gasteiger partial charge in [-0.2, -0.15) is 5.10 Å². The molecular weight excluding hydrogens is 254 g/mol.